The highest BCUT2D eigenvalue weighted by molar-refractivity contribution is 7.99. The Morgan fingerprint density at radius 3 is 2.68 bits per heavy atom. The minimum atomic E-state index is -0.327. The standard InChI is InChI=1S/C22H23ClN4O3S/c23-15-7-6-8-16(13-15)25-20(29)14-31-22-26-18-10-4-3-9-17(18)21(30)27(22)12-5-1-2-11-19(24)28/h3-4,6-10,13H,1-2,5,11-12,14H2,(H2,24,28)(H,25,29). The van der Waals surface area contributed by atoms with Gasteiger partial charge in [0.15, 0.2) is 5.16 Å². The van der Waals surface area contributed by atoms with Crippen molar-refractivity contribution in [3.05, 3.63) is 63.9 Å². The maximum Gasteiger partial charge on any atom is 0.262 e. The number of primary amides is 1. The monoisotopic (exact) mass is 458 g/mol. The number of nitrogens with one attached hydrogen (secondary N) is 1. The molecule has 2 amide bonds. The lowest BCUT2D eigenvalue weighted by Crippen LogP contribution is -2.24. The van der Waals surface area contributed by atoms with Gasteiger partial charge in [-0.15, -0.1) is 0 Å². The van der Waals surface area contributed by atoms with Gasteiger partial charge in [0.2, 0.25) is 11.8 Å². The van der Waals surface area contributed by atoms with E-state index in [4.69, 9.17) is 17.3 Å². The first-order chi connectivity index (χ1) is 14.9. The number of carbonyl (C=O) groups is 2. The summed E-state index contributed by atoms with van der Waals surface area (Å²) in [6, 6.07) is 14.1. The number of benzene rings is 2. The molecular weight excluding hydrogens is 436 g/mol. The normalized spacial score (nSPS) is 10.9. The van der Waals surface area contributed by atoms with E-state index in [-0.39, 0.29) is 23.1 Å². The Balaban J connectivity index is 1.73. The number of aromatic nitrogens is 2. The molecule has 0 bridgehead atoms. The van der Waals surface area contributed by atoms with Crippen LogP contribution in [0.5, 0.6) is 0 Å². The Kier molecular flexibility index (Phi) is 8.08. The number of hydrogen-bond acceptors (Lipinski definition) is 5. The van der Waals surface area contributed by atoms with Crippen molar-refractivity contribution in [1.82, 2.24) is 9.55 Å². The molecule has 9 heteroatoms. The zero-order chi connectivity index (χ0) is 22.2. The maximum absolute atomic E-state index is 13.0. The van der Waals surface area contributed by atoms with Crippen molar-refractivity contribution in [2.45, 2.75) is 37.4 Å². The second-order valence-corrected chi connectivity index (χ2v) is 8.37. The van der Waals surface area contributed by atoms with Gasteiger partial charge in [0.05, 0.1) is 16.7 Å². The molecule has 3 N–H and O–H groups in total. The number of halogens is 1. The van der Waals surface area contributed by atoms with E-state index < -0.39 is 0 Å². The summed E-state index contributed by atoms with van der Waals surface area (Å²) in [5.74, 6) is -0.451. The number of nitrogens with zero attached hydrogens (tertiary/aromatic N) is 2. The van der Waals surface area contributed by atoms with Gasteiger partial charge in [-0.25, -0.2) is 4.98 Å². The number of carbonyl (C=O) groups excluding carboxylic acids is 2. The van der Waals surface area contributed by atoms with Crippen LogP contribution in [0.25, 0.3) is 10.9 Å². The molecule has 7 nitrogen and oxygen atoms in total. The van der Waals surface area contributed by atoms with E-state index in [1.54, 1.807) is 47.0 Å². The molecule has 31 heavy (non-hydrogen) atoms. The average molecular weight is 459 g/mol. The molecule has 0 aliphatic rings. The van der Waals surface area contributed by atoms with Gasteiger partial charge >= 0.3 is 0 Å². The second kappa shape index (κ2) is 11.0. The van der Waals surface area contributed by atoms with Crippen molar-refractivity contribution in [3.63, 3.8) is 0 Å². The first-order valence-corrected chi connectivity index (χ1v) is 11.3. The van der Waals surface area contributed by atoms with Crippen LogP contribution < -0.4 is 16.6 Å². The molecule has 3 aromatic rings. The second-order valence-electron chi connectivity index (χ2n) is 6.99. The number of nitrogens with two attached hydrogens (primary N) is 1. The first kappa shape index (κ1) is 22.8. The van der Waals surface area contributed by atoms with E-state index in [2.05, 4.69) is 10.3 Å². The zero-order valence-corrected chi connectivity index (χ0v) is 18.4. The van der Waals surface area contributed by atoms with E-state index in [0.29, 0.717) is 52.6 Å². The third-order valence-corrected chi connectivity index (χ3v) is 5.78. The fraction of sp³-hybridized carbons (Fsp3) is 0.273. The Morgan fingerprint density at radius 1 is 1.10 bits per heavy atom. The SMILES string of the molecule is NC(=O)CCCCCn1c(SCC(=O)Nc2cccc(Cl)c2)nc2ccccc2c1=O. The number of rotatable bonds is 10. The summed E-state index contributed by atoms with van der Waals surface area (Å²) in [6.07, 6.45) is 2.48. The predicted molar refractivity (Wildman–Crippen MR) is 124 cm³/mol. The molecule has 0 atom stereocenters. The Bertz CT molecular complexity index is 1150. The van der Waals surface area contributed by atoms with Gasteiger partial charge in [0, 0.05) is 23.7 Å². The maximum atomic E-state index is 13.0. The van der Waals surface area contributed by atoms with Crippen LogP contribution in [-0.4, -0.2) is 27.1 Å². The summed E-state index contributed by atoms with van der Waals surface area (Å²) in [6.45, 7) is 0.452. The molecule has 0 unspecified atom stereocenters. The Morgan fingerprint density at radius 2 is 1.90 bits per heavy atom. The molecule has 2 aromatic carbocycles. The molecule has 0 aliphatic heterocycles. The van der Waals surface area contributed by atoms with Gasteiger partial charge in [-0.05, 0) is 43.2 Å². The summed E-state index contributed by atoms with van der Waals surface area (Å²) in [5.41, 5.74) is 6.23. The van der Waals surface area contributed by atoms with Crippen LogP contribution in [0.3, 0.4) is 0 Å². The van der Waals surface area contributed by atoms with Crippen molar-refractivity contribution in [2.75, 3.05) is 11.1 Å². The van der Waals surface area contributed by atoms with E-state index >= 15 is 0 Å². The number of anilines is 1. The Hall–Kier alpha value is -2.84. The van der Waals surface area contributed by atoms with Gasteiger partial charge in [0.25, 0.3) is 5.56 Å². The molecular formula is C22H23ClN4O3S. The smallest absolute Gasteiger partial charge is 0.262 e. The van der Waals surface area contributed by atoms with Crippen LogP contribution in [0, 0.1) is 0 Å². The Labute approximate surface area is 189 Å². The summed E-state index contributed by atoms with van der Waals surface area (Å²) in [4.78, 5) is 40.9. The van der Waals surface area contributed by atoms with Crippen molar-refractivity contribution in [1.29, 1.82) is 0 Å². The van der Waals surface area contributed by atoms with Crippen LogP contribution in [0.15, 0.2) is 58.5 Å². The molecule has 3 rings (SSSR count). The van der Waals surface area contributed by atoms with E-state index in [0.717, 1.165) is 6.42 Å². The minimum absolute atomic E-state index is 0.0962. The number of para-hydroxylation sites is 1. The van der Waals surface area contributed by atoms with E-state index in [9.17, 15) is 14.4 Å². The largest absolute Gasteiger partial charge is 0.370 e. The number of fused-ring (bicyclic) bond motifs is 1. The molecule has 0 fully saturated rings. The number of hydrogen-bond donors (Lipinski definition) is 2. The van der Waals surface area contributed by atoms with E-state index in [1.807, 2.05) is 6.07 Å². The van der Waals surface area contributed by atoms with Gasteiger partial charge < -0.3 is 11.1 Å². The zero-order valence-electron chi connectivity index (χ0n) is 16.8. The fourth-order valence-electron chi connectivity index (χ4n) is 3.09. The molecule has 0 saturated carbocycles. The average Bonchev–Trinajstić information content (AvgIpc) is 2.73. The molecule has 1 heterocycles. The molecule has 162 valence electrons. The third-order valence-electron chi connectivity index (χ3n) is 4.57. The highest BCUT2D eigenvalue weighted by Crippen LogP contribution is 2.20. The molecule has 0 radical (unpaired) electrons. The quantitative estimate of drug-likeness (QED) is 0.273. The van der Waals surface area contributed by atoms with Crippen LogP contribution in [0.2, 0.25) is 5.02 Å². The summed E-state index contributed by atoms with van der Waals surface area (Å²) < 4.78 is 1.60. The summed E-state index contributed by atoms with van der Waals surface area (Å²) in [7, 11) is 0. The fourth-order valence-corrected chi connectivity index (χ4v) is 4.11. The number of unbranched alkanes of at least 4 members (excludes halogenated alkanes) is 2. The molecule has 0 saturated heterocycles. The first-order valence-electron chi connectivity index (χ1n) is 9.90. The molecule has 0 aliphatic carbocycles. The third kappa shape index (κ3) is 6.57. The van der Waals surface area contributed by atoms with Crippen LogP contribution in [0.1, 0.15) is 25.7 Å². The number of amides is 2. The van der Waals surface area contributed by atoms with Gasteiger partial charge in [0.1, 0.15) is 0 Å². The van der Waals surface area contributed by atoms with Crippen molar-refractivity contribution in [3.8, 4) is 0 Å². The van der Waals surface area contributed by atoms with Gasteiger partial charge in [-0.2, -0.15) is 0 Å². The van der Waals surface area contributed by atoms with Crippen molar-refractivity contribution >= 4 is 51.8 Å². The highest BCUT2D eigenvalue weighted by atomic mass is 35.5. The van der Waals surface area contributed by atoms with Crippen molar-refractivity contribution < 1.29 is 9.59 Å². The van der Waals surface area contributed by atoms with Crippen molar-refractivity contribution in [2.24, 2.45) is 5.73 Å². The lowest BCUT2D eigenvalue weighted by molar-refractivity contribution is -0.118. The number of thioether (sulfide) groups is 1. The van der Waals surface area contributed by atoms with Gasteiger partial charge in [-0.3, -0.25) is 19.0 Å². The predicted octanol–water partition coefficient (Wildman–Crippen LogP) is 3.83. The topological polar surface area (TPSA) is 107 Å². The highest BCUT2D eigenvalue weighted by Gasteiger charge is 2.13. The summed E-state index contributed by atoms with van der Waals surface area (Å²) in [5, 5.41) is 4.35. The van der Waals surface area contributed by atoms with Crippen LogP contribution in [-0.2, 0) is 16.1 Å². The van der Waals surface area contributed by atoms with Crippen LogP contribution in [0.4, 0.5) is 5.69 Å². The molecule has 0 spiro atoms. The lowest BCUT2D eigenvalue weighted by Gasteiger charge is -2.13. The molecule has 1 aromatic heterocycles. The van der Waals surface area contributed by atoms with E-state index in [1.165, 1.54) is 11.8 Å². The van der Waals surface area contributed by atoms with Gasteiger partial charge in [-0.1, -0.05) is 48.0 Å². The minimum Gasteiger partial charge on any atom is -0.370 e. The lowest BCUT2D eigenvalue weighted by atomic mass is 10.2. The van der Waals surface area contributed by atoms with Crippen LogP contribution >= 0.6 is 23.4 Å². The summed E-state index contributed by atoms with van der Waals surface area (Å²) >= 11 is 7.16.